The van der Waals surface area contributed by atoms with Crippen molar-refractivity contribution in [1.82, 2.24) is 0 Å². The Morgan fingerprint density at radius 3 is 2.50 bits per heavy atom. The van der Waals surface area contributed by atoms with Crippen molar-refractivity contribution in [2.75, 3.05) is 0 Å². The average Bonchev–Trinajstić information content (AvgIpc) is 2.15. The van der Waals surface area contributed by atoms with Crippen LogP contribution < -0.4 is 0 Å². The lowest BCUT2D eigenvalue weighted by atomic mass is 9.63. The Kier molecular flexibility index (Phi) is 2.58. The minimum absolute atomic E-state index is 0.0315. The van der Waals surface area contributed by atoms with Crippen LogP contribution in [-0.4, -0.2) is 16.2 Å². The number of carboxylic acid groups (broad SMARTS) is 1. The number of benzene rings is 1. The summed E-state index contributed by atoms with van der Waals surface area (Å²) in [4.78, 5) is 11.4. The first-order valence-corrected chi connectivity index (χ1v) is 5.59. The van der Waals surface area contributed by atoms with E-state index in [0.717, 1.165) is 6.42 Å². The summed E-state index contributed by atoms with van der Waals surface area (Å²) in [5, 5.41) is 19.7. The second kappa shape index (κ2) is 3.67. The Morgan fingerprint density at radius 2 is 2.06 bits per heavy atom. The van der Waals surface area contributed by atoms with Gasteiger partial charge in [-0.15, -0.1) is 0 Å². The van der Waals surface area contributed by atoms with Crippen LogP contribution in [0.3, 0.4) is 0 Å². The summed E-state index contributed by atoms with van der Waals surface area (Å²) in [5.74, 6) is -0.844. The number of halogens is 1. The van der Waals surface area contributed by atoms with Gasteiger partial charge in [-0.3, -0.25) is 4.79 Å². The van der Waals surface area contributed by atoms with Gasteiger partial charge in [0.2, 0.25) is 0 Å². The highest BCUT2D eigenvalue weighted by Crippen LogP contribution is 2.49. The Balaban J connectivity index is 2.63. The van der Waals surface area contributed by atoms with Gasteiger partial charge in [0, 0.05) is 10.6 Å². The summed E-state index contributed by atoms with van der Waals surface area (Å²) in [6.07, 6.45) is 2.01. The van der Waals surface area contributed by atoms with Crippen molar-refractivity contribution in [3.05, 3.63) is 28.3 Å². The number of aromatic hydroxyl groups is 1. The van der Waals surface area contributed by atoms with Gasteiger partial charge in [0.25, 0.3) is 0 Å². The zero-order valence-electron chi connectivity index (χ0n) is 8.96. The maximum atomic E-state index is 11.4. The molecule has 2 N–H and O–H groups in total. The molecule has 0 unspecified atom stereocenters. The molecule has 1 fully saturated rings. The average molecular weight is 241 g/mol. The monoisotopic (exact) mass is 240 g/mol. The van der Waals surface area contributed by atoms with E-state index in [-0.39, 0.29) is 5.75 Å². The number of phenolic OH excluding ortho intramolecular Hbond substituents is 1. The van der Waals surface area contributed by atoms with Crippen LogP contribution in [0.25, 0.3) is 0 Å². The Labute approximate surface area is 98.7 Å². The maximum Gasteiger partial charge on any atom is 0.314 e. The van der Waals surface area contributed by atoms with Gasteiger partial charge in [0.15, 0.2) is 0 Å². The van der Waals surface area contributed by atoms with Crippen LogP contribution in [0, 0.1) is 6.92 Å². The lowest BCUT2D eigenvalue weighted by Crippen LogP contribution is -2.43. The van der Waals surface area contributed by atoms with Crippen LogP contribution in [0.1, 0.15) is 30.4 Å². The third-order valence-electron chi connectivity index (χ3n) is 3.47. The minimum Gasteiger partial charge on any atom is -0.508 e. The second-order valence-corrected chi connectivity index (χ2v) is 4.71. The molecular formula is C12H13ClO3. The number of carbonyl (C=O) groups is 1. The van der Waals surface area contributed by atoms with Gasteiger partial charge in [0.05, 0.1) is 5.41 Å². The van der Waals surface area contributed by atoms with E-state index >= 15 is 0 Å². The number of rotatable bonds is 2. The highest BCUT2D eigenvalue weighted by molar-refractivity contribution is 6.31. The molecule has 1 aromatic rings. The Morgan fingerprint density at radius 1 is 1.44 bits per heavy atom. The highest BCUT2D eigenvalue weighted by atomic mass is 35.5. The molecule has 0 aliphatic heterocycles. The van der Waals surface area contributed by atoms with Crippen molar-refractivity contribution in [2.45, 2.75) is 31.6 Å². The first-order valence-electron chi connectivity index (χ1n) is 5.21. The standard InChI is InChI=1S/C12H13ClO3/c1-7-8(13)3-4-9(14)10(7)12(11(15)16)5-2-6-12/h3-4,14H,2,5-6H2,1H3,(H,15,16). The highest BCUT2D eigenvalue weighted by Gasteiger charge is 2.48. The van der Waals surface area contributed by atoms with Gasteiger partial charge in [-0.25, -0.2) is 0 Å². The zero-order chi connectivity index (χ0) is 11.9. The predicted molar refractivity (Wildman–Crippen MR) is 61.0 cm³/mol. The summed E-state index contributed by atoms with van der Waals surface area (Å²) in [6.45, 7) is 1.75. The van der Waals surface area contributed by atoms with E-state index in [1.165, 1.54) is 6.07 Å². The topological polar surface area (TPSA) is 57.5 Å². The molecule has 3 nitrogen and oxygen atoms in total. The molecule has 1 aliphatic carbocycles. The van der Waals surface area contributed by atoms with Gasteiger partial charge in [-0.05, 0) is 37.5 Å². The van der Waals surface area contributed by atoms with E-state index in [4.69, 9.17) is 11.6 Å². The van der Waals surface area contributed by atoms with Crippen LogP contribution in [0.2, 0.25) is 5.02 Å². The van der Waals surface area contributed by atoms with E-state index in [0.29, 0.717) is 29.0 Å². The van der Waals surface area contributed by atoms with Crippen LogP contribution >= 0.6 is 11.6 Å². The van der Waals surface area contributed by atoms with Crippen molar-refractivity contribution in [3.63, 3.8) is 0 Å². The summed E-state index contributed by atoms with van der Waals surface area (Å²) >= 11 is 5.97. The molecule has 1 saturated carbocycles. The SMILES string of the molecule is Cc1c(Cl)ccc(O)c1C1(C(=O)O)CCC1. The Bertz CT molecular complexity index is 450. The van der Waals surface area contributed by atoms with Gasteiger partial charge in [-0.1, -0.05) is 18.0 Å². The molecular weight excluding hydrogens is 228 g/mol. The largest absolute Gasteiger partial charge is 0.508 e. The van der Waals surface area contributed by atoms with E-state index < -0.39 is 11.4 Å². The number of phenols is 1. The molecule has 4 heteroatoms. The lowest BCUT2D eigenvalue weighted by Gasteiger charge is -2.39. The van der Waals surface area contributed by atoms with E-state index in [2.05, 4.69) is 0 Å². The van der Waals surface area contributed by atoms with Crippen LogP contribution in [-0.2, 0) is 10.2 Å². The molecule has 0 spiro atoms. The van der Waals surface area contributed by atoms with Crippen LogP contribution in [0.5, 0.6) is 5.75 Å². The maximum absolute atomic E-state index is 11.4. The molecule has 16 heavy (non-hydrogen) atoms. The fourth-order valence-electron chi connectivity index (χ4n) is 2.38. The fourth-order valence-corrected chi connectivity index (χ4v) is 2.53. The van der Waals surface area contributed by atoms with Gasteiger partial charge in [-0.2, -0.15) is 0 Å². The molecule has 0 amide bonds. The number of hydrogen-bond acceptors (Lipinski definition) is 2. The third kappa shape index (κ3) is 1.39. The summed E-state index contributed by atoms with van der Waals surface area (Å²) < 4.78 is 0. The van der Waals surface area contributed by atoms with Crippen LogP contribution in [0.15, 0.2) is 12.1 Å². The van der Waals surface area contributed by atoms with Crippen molar-refractivity contribution in [2.24, 2.45) is 0 Å². The van der Waals surface area contributed by atoms with Gasteiger partial charge in [0.1, 0.15) is 5.75 Å². The Hall–Kier alpha value is -1.22. The quantitative estimate of drug-likeness (QED) is 0.836. The molecule has 1 aromatic carbocycles. The number of hydrogen-bond donors (Lipinski definition) is 2. The van der Waals surface area contributed by atoms with Crippen molar-refractivity contribution >= 4 is 17.6 Å². The van der Waals surface area contributed by atoms with Crippen molar-refractivity contribution in [1.29, 1.82) is 0 Å². The molecule has 0 heterocycles. The smallest absolute Gasteiger partial charge is 0.314 e. The number of carboxylic acids is 1. The molecule has 0 atom stereocenters. The molecule has 0 aromatic heterocycles. The fraction of sp³-hybridized carbons (Fsp3) is 0.417. The van der Waals surface area contributed by atoms with E-state index in [1.807, 2.05) is 0 Å². The summed E-state index contributed by atoms with van der Waals surface area (Å²) in [7, 11) is 0. The minimum atomic E-state index is -0.931. The van der Waals surface area contributed by atoms with Gasteiger partial charge >= 0.3 is 5.97 Å². The van der Waals surface area contributed by atoms with E-state index in [1.54, 1.807) is 13.0 Å². The van der Waals surface area contributed by atoms with Gasteiger partial charge < -0.3 is 10.2 Å². The lowest BCUT2D eigenvalue weighted by molar-refractivity contribution is -0.147. The predicted octanol–water partition coefficient (Wildman–Crippen LogP) is 2.86. The molecule has 86 valence electrons. The van der Waals surface area contributed by atoms with Crippen molar-refractivity contribution < 1.29 is 15.0 Å². The van der Waals surface area contributed by atoms with Crippen LogP contribution in [0.4, 0.5) is 0 Å². The second-order valence-electron chi connectivity index (χ2n) is 4.31. The first kappa shape index (κ1) is 11.3. The molecule has 0 bridgehead atoms. The molecule has 2 rings (SSSR count). The van der Waals surface area contributed by atoms with E-state index in [9.17, 15) is 15.0 Å². The summed E-state index contributed by atoms with van der Waals surface area (Å²) in [6, 6.07) is 3.05. The third-order valence-corrected chi connectivity index (χ3v) is 3.88. The molecule has 0 radical (unpaired) electrons. The number of aliphatic carboxylic acids is 1. The zero-order valence-corrected chi connectivity index (χ0v) is 9.71. The first-order chi connectivity index (χ1) is 7.49. The molecule has 1 aliphatic rings. The molecule has 0 saturated heterocycles. The summed E-state index contributed by atoms with van der Waals surface area (Å²) in [5.41, 5.74) is 0.224. The van der Waals surface area contributed by atoms with Crippen molar-refractivity contribution in [3.8, 4) is 5.75 Å². The normalized spacial score (nSPS) is 17.9.